The van der Waals surface area contributed by atoms with Crippen LogP contribution in [0.1, 0.15) is 21.6 Å². The summed E-state index contributed by atoms with van der Waals surface area (Å²) in [6, 6.07) is 8.06. The van der Waals surface area contributed by atoms with E-state index < -0.39 is 5.97 Å². The van der Waals surface area contributed by atoms with Gasteiger partial charge in [-0.1, -0.05) is 28.1 Å². The van der Waals surface area contributed by atoms with E-state index in [9.17, 15) is 4.79 Å². The van der Waals surface area contributed by atoms with Crippen LogP contribution >= 0.6 is 15.9 Å². The normalized spacial score (nSPS) is 11.0. The highest BCUT2D eigenvalue weighted by molar-refractivity contribution is 9.10. The number of carbonyl (C=O) groups is 1. The Kier molecular flexibility index (Phi) is 4.57. The molecular weight excluding hydrogens is 322 g/mol. The van der Waals surface area contributed by atoms with Gasteiger partial charge < -0.3 is 5.11 Å². The molecule has 6 heteroatoms. The molecule has 1 aromatic heterocycles. The first-order chi connectivity index (χ1) is 9.47. The van der Waals surface area contributed by atoms with Crippen molar-refractivity contribution in [3.05, 3.63) is 51.8 Å². The van der Waals surface area contributed by atoms with Gasteiger partial charge in [-0.3, -0.25) is 9.58 Å². The second-order valence-electron chi connectivity index (χ2n) is 4.74. The molecule has 0 spiro atoms. The topological polar surface area (TPSA) is 58.4 Å². The molecular formula is C14H16BrN3O2. The molecule has 1 heterocycles. The third-order valence-electron chi connectivity index (χ3n) is 3.05. The highest BCUT2D eigenvalue weighted by Gasteiger charge is 2.16. The number of carboxylic acids is 1. The molecule has 0 aliphatic rings. The summed E-state index contributed by atoms with van der Waals surface area (Å²) in [7, 11) is 3.72. The van der Waals surface area contributed by atoms with Crippen molar-refractivity contribution in [2.45, 2.75) is 13.1 Å². The maximum Gasteiger partial charge on any atom is 0.339 e. The molecule has 2 rings (SSSR count). The van der Waals surface area contributed by atoms with E-state index in [1.807, 2.05) is 25.2 Å². The van der Waals surface area contributed by atoms with Crippen molar-refractivity contribution in [3.8, 4) is 0 Å². The van der Waals surface area contributed by atoms with E-state index in [2.05, 4.69) is 32.0 Å². The molecule has 20 heavy (non-hydrogen) atoms. The Morgan fingerprint density at radius 1 is 1.45 bits per heavy atom. The van der Waals surface area contributed by atoms with Crippen molar-refractivity contribution in [2.75, 3.05) is 7.05 Å². The number of carboxylic acid groups (broad SMARTS) is 1. The standard InChI is InChI=1S/C14H16BrN3O2/c1-17(8-10-4-3-5-11(15)6-10)9-13-12(14(19)20)7-16-18(13)2/h3-7H,8-9H2,1-2H3,(H,19,20). The molecule has 0 bridgehead atoms. The van der Waals surface area contributed by atoms with Crippen molar-refractivity contribution in [2.24, 2.45) is 7.05 Å². The lowest BCUT2D eigenvalue weighted by Gasteiger charge is -2.17. The Labute approximate surface area is 126 Å². The van der Waals surface area contributed by atoms with Crippen LogP contribution in [-0.4, -0.2) is 32.8 Å². The van der Waals surface area contributed by atoms with Gasteiger partial charge in [-0.15, -0.1) is 0 Å². The summed E-state index contributed by atoms with van der Waals surface area (Å²) in [5, 5.41) is 13.2. The lowest BCUT2D eigenvalue weighted by Crippen LogP contribution is -2.20. The van der Waals surface area contributed by atoms with Crippen LogP contribution in [0, 0.1) is 0 Å². The van der Waals surface area contributed by atoms with E-state index >= 15 is 0 Å². The smallest absolute Gasteiger partial charge is 0.339 e. The summed E-state index contributed by atoms with van der Waals surface area (Å²) in [6.45, 7) is 1.27. The minimum atomic E-state index is -0.941. The summed E-state index contributed by atoms with van der Waals surface area (Å²) in [5.74, 6) is -0.941. The summed E-state index contributed by atoms with van der Waals surface area (Å²) in [4.78, 5) is 13.2. The SMILES string of the molecule is CN(Cc1cccc(Br)c1)Cc1c(C(=O)O)cnn1C. The Hall–Kier alpha value is -1.66. The third-order valence-corrected chi connectivity index (χ3v) is 3.55. The fourth-order valence-corrected chi connectivity index (χ4v) is 2.53. The van der Waals surface area contributed by atoms with Crippen LogP contribution in [0.2, 0.25) is 0 Å². The van der Waals surface area contributed by atoms with E-state index in [1.165, 1.54) is 11.8 Å². The molecule has 1 aromatic carbocycles. The highest BCUT2D eigenvalue weighted by Crippen LogP contribution is 2.15. The number of halogens is 1. The van der Waals surface area contributed by atoms with Crippen LogP contribution < -0.4 is 0 Å². The molecule has 0 fully saturated rings. The van der Waals surface area contributed by atoms with Crippen LogP contribution in [-0.2, 0) is 20.1 Å². The Morgan fingerprint density at radius 3 is 2.85 bits per heavy atom. The van der Waals surface area contributed by atoms with Gasteiger partial charge in [-0.2, -0.15) is 5.10 Å². The Balaban J connectivity index is 2.10. The number of hydrogen-bond donors (Lipinski definition) is 1. The van der Waals surface area contributed by atoms with Gasteiger partial charge in [-0.25, -0.2) is 4.79 Å². The largest absolute Gasteiger partial charge is 0.478 e. The fraction of sp³-hybridized carbons (Fsp3) is 0.286. The summed E-state index contributed by atoms with van der Waals surface area (Å²) in [6.07, 6.45) is 1.39. The molecule has 2 aromatic rings. The van der Waals surface area contributed by atoms with Crippen molar-refractivity contribution in [1.29, 1.82) is 0 Å². The minimum Gasteiger partial charge on any atom is -0.478 e. The summed E-state index contributed by atoms with van der Waals surface area (Å²) >= 11 is 3.44. The van der Waals surface area contributed by atoms with E-state index in [0.29, 0.717) is 12.2 Å². The third kappa shape index (κ3) is 3.46. The van der Waals surface area contributed by atoms with E-state index in [1.54, 1.807) is 11.7 Å². The van der Waals surface area contributed by atoms with Gasteiger partial charge in [0, 0.05) is 24.6 Å². The molecule has 0 aliphatic carbocycles. The van der Waals surface area contributed by atoms with Gasteiger partial charge in [0.25, 0.3) is 0 Å². The summed E-state index contributed by atoms with van der Waals surface area (Å²) < 4.78 is 2.65. The molecule has 0 unspecified atom stereocenters. The van der Waals surface area contributed by atoms with Gasteiger partial charge >= 0.3 is 5.97 Å². The lowest BCUT2D eigenvalue weighted by molar-refractivity contribution is 0.0694. The highest BCUT2D eigenvalue weighted by atomic mass is 79.9. The predicted octanol–water partition coefficient (Wildman–Crippen LogP) is 2.51. The van der Waals surface area contributed by atoms with Crippen molar-refractivity contribution in [1.82, 2.24) is 14.7 Å². The second kappa shape index (κ2) is 6.19. The quantitative estimate of drug-likeness (QED) is 0.910. The van der Waals surface area contributed by atoms with Crippen LogP contribution in [0.25, 0.3) is 0 Å². The van der Waals surface area contributed by atoms with Gasteiger partial charge in [-0.05, 0) is 24.7 Å². The van der Waals surface area contributed by atoms with E-state index in [0.717, 1.165) is 11.0 Å². The van der Waals surface area contributed by atoms with Crippen molar-refractivity contribution < 1.29 is 9.90 Å². The van der Waals surface area contributed by atoms with Crippen LogP contribution in [0.15, 0.2) is 34.9 Å². The zero-order valence-corrected chi connectivity index (χ0v) is 13.0. The Morgan fingerprint density at radius 2 is 2.20 bits per heavy atom. The Bertz CT molecular complexity index is 625. The van der Waals surface area contributed by atoms with Gasteiger partial charge in [0.05, 0.1) is 11.9 Å². The maximum atomic E-state index is 11.1. The first-order valence-corrected chi connectivity index (χ1v) is 6.94. The second-order valence-corrected chi connectivity index (χ2v) is 5.65. The number of benzene rings is 1. The molecule has 0 aliphatic heterocycles. The van der Waals surface area contributed by atoms with Crippen LogP contribution in [0.3, 0.4) is 0 Å². The first kappa shape index (κ1) is 14.7. The molecule has 1 N–H and O–H groups in total. The number of aromatic nitrogens is 2. The van der Waals surface area contributed by atoms with E-state index in [-0.39, 0.29) is 5.56 Å². The van der Waals surface area contributed by atoms with Gasteiger partial charge in [0.1, 0.15) is 5.56 Å². The number of hydrogen-bond acceptors (Lipinski definition) is 3. The number of aryl methyl sites for hydroxylation is 1. The predicted molar refractivity (Wildman–Crippen MR) is 79.5 cm³/mol. The average molecular weight is 338 g/mol. The number of nitrogens with zero attached hydrogens (tertiary/aromatic N) is 3. The van der Waals surface area contributed by atoms with Gasteiger partial charge in [0.15, 0.2) is 0 Å². The molecule has 0 saturated heterocycles. The molecule has 5 nitrogen and oxygen atoms in total. The molecule has 0 atom stereocenters. The summed E-state index contributed by atoms with van der Waals surface area (Å²) in [5.41, 5.74) is 2.13. The molecule has 0 amide bonds. The van der Waals surface area contributed by atoms with Crippen LogP contribution in [0.5, 0.6) is 0 Å². The lowest BCUT2D eigenvalue weighted by atomic mass is 10.2. The minimum absolute atomic E-state index is 0.258. The number of aromatic carboxylic acids is 1. The van der Waals surface area contributed by atoms with Crippen molar-refractivity contribution >= 4 is 21.9 Å². The zero-order valence-electron chi connectivity index (χ0n) is 11.4. The fourth-order valence-electron chi connectivity index (χ4n) is 2.09. The molecule has 0 saturated carbocycles. The first-order valence-electron chi connectivity index (χ1n) is 6.14. The van der Waals surface area contributed by atoms with Crippen molar-refractivity contribution in [3.63, 3.8) is 0 Å². The monoisotopic (exact) mass is 337 g/mol. The average Bonchev–Trinajstić information content (AvgIpc) is 2.71. The van der Waals surface area contributed by atoms with Gasteiger partial charge in [0.2, 0.25) is 0 Å². The maximum absolute atomic E-state index is 11.1. The molecule has 106 valence electrons. The molecule has 0 radical (unpaired) electrons. The number of rotatable bonds is 5. The zero-order chi connectivity index (χ0) is 14.7. The van der Waals surface area contributed by atoms with Crippen LogP contribution in [0.4, 0.5) is 0 Å². The van der Waals surface area contributed by atoms with E-state index in [4.69, 9.17) is 5.11 Å².